The number of ketones is 1. The molecule has 0 saturated carbocycles. The lowest BCUT2D eigenvalue weighted by atomic mass is 9.84. The molecular formula is C16H18O6. The number of carbonyl (C=O) groups is 3. The summed E-state index contributed by atoms with van der Waals surface area (Å²) in [7, 11) is 0. The fourth-order valence-electron chi connectivity index (χ4n) is 2.63. The zero-order chi connectivity index (χ0) is 16.3. The second kappa shape index (κ2) is 6.27. The third kappa shape index (κ3) is 2.50. The van der Waals surface area contributed by atoms with Crippen molar-refractivity contribution in [2.24, 2.45) is 5.92 Å². The molecule has 6 heteroatoms. The van der Waals surface area contributed by atoms with Crippen molar-refractivity contribution in [2.45, 2.75) is 25.9 Å². The van der Waals surface area contributed by atoms with Gasteiger partial charge < -0.3 is 14.6 Å². The predicted molar refractivity (Wildman–Crippen MR) is 76.2 cm³/mol. The average Bonchev–Trinajstić information content (AvgIpc) is 2.85. The van der Waals surface area contributed by atoms with E-state index in [0.717, 1.165) is 0 Å². The lowest BCUT2D eigenvalue weighted by Gasteiger charge is -2.28. The molecule has 0 saturated heterocycles. The minimum atomic E-state index is -2.62. The molecular weight excluding hydrogens is 288 g/mol. The highest BCUT2D eigenvalue weighted by Crippen LogP contribution is 2.35. The summed E-state index contributed by atoms with van der Waals surface area (Å²) in [6.45, 7) is 3.06. The fourth-order valence-corrected chi connectivity index (χ4v) is 2.63. The summed E-state index contributed by atoms with van der Waals surface area (Å²) >= 11 is 0. The van der Waals surface area contributed by atoms with E-state index >= 15 is 0 Å². The van der Waals surface area contributed by atoms with Crippen LogP contribution in [0, 0.1) is 5.92 Å². The van der Waals surface area contributed by atoms with E-state index in [9.17, 15) is 19.5 Å². The van der Waals surface area contributed by atoms with Crippen LogP contribution in [0.2, 0.25) is 0 Å². The third-order valence-electron chi connectivity index (χ3n) is 3.70. The standard InChI is InChI=1S/C16H18O6/c1-3-21-14(18)16(20,15(19)22-4-2)12-9-10-7-5-6-8-11(10)13(12)17/h5-8,12,20H,3-4,9H2,1-2H3/t12-/m1/s1. The van der Waals surface area contributed by atoms with E-state index < -0.39 is 29.2 Å². The van der Waals surface area contributed by atoms with Crippen molar-refractivity contribution >= 4 is 17.7 Å². The molecule has 1 aromatic rings. The van der Waals surface area contributed by atoms with Crippen molar-refractivity contribution in [1.29, 1.82) is 0 Å². The molecule has 0 radical (unpaired) electrons. The van der Waals surface area contributed by atoms with Crippen LogP contribution in [0.25, 0.3) is 0 Å². The number of hydrogen-bond donors (Lipinski definition) is 1. The van der Waals surface area contributed by atoms with E-state index in [1.807, 2.05) is 0 Å². The van der Waals surface area contributed by atoms with Crippen molar-refractivity contribution in [3.8, 4) is 0 Å². The van der Waals surface area contributed by atoms with Crippen LogP contribution in [0.4, 0.5) is 0 Å². The topological polar surface area (TPSA) is 89.9 Å². The Morgan fingerprint density at radius 2 is 1.73 bits per heavy atom. The van der Waals surface area contributed by atoms with Crippen molar-refractivity contribution in [3.05, 3.63) is 35.4 Å². The molecule has 1 aromatic carbocycles. The predicted octanol–water partition coefficient (Wildman–Crippen LogP) is 0.899. The minimum Gasteiger partial charge on any atom is -0.463 e. The van der Waals surface area contributed by atoms with Gasteiger partial charge in [0, 0.05) is 5.56 Å². The van der Waals surface area contributed by atoms with E-state index in [-0.39, 0.29) is 19.6 Å². The molecule has 0 bridgehead atoms. The van der Waals surface area contributed by atoms with Crippen LogP contribution >= 0.6 is 0 Å². The highest BCUT2D eigenvalue weighted by molar-refractivity contribution is 6.13. The number of aliphatic hydroxyl groups is 1. The first-order valence-corrected chi connectivity index (χ1v) is 7.15. The van der Waals surface area contributed by atoms with Gasteiger partial charge in [-0.2, -0.15) is 0 Å². The number of carbonyl (C=O) groups excluding carboxylic acids is 3. The number of ether oxygens (including phenoxy) is 2. The van der Waals surface area contributed by atoms with Crippen LogP contribution in [-0.4, -0.2) is 41.6 Å². The van der Waals surface area contributed by atoms with E-state index in [1.165, 1.54) is 0 Å². The van der Waals surface area contributed by atoms with Gasteiger partial charge in [0.2, 0.25) is 0 Å². The summed E-state index contributed by atoms with van der Waals surface area (Å²) in [5.74, 6) is -4.00. The maximum Gasteiger partial charge on any atom is 0.350 e. The quantitative estimate of drug-likeness (QED) is 0.642. The lowest BCUT2D eigenvalue weighted by Crippen LogP contribution is -2.56. The van der Waals surface area contributed by atoms with Crippen LogP contribution in [0.1, 0.15) is 29.8 Å². The van der Waals surface area contributed by atoms with Crippen molar-refractivity contribution in [3.63, 3.8) is 0 Å². The zero-order valence-electron chi connectivity index (χ0n) is 12.5. The summed E-state index contributed by atoms with van der Waals surface area (Å²) in [5.41, 5.74) is -1.54. The van der Waals surface area contributed by atoms with Gasteiger partial charge >= 0.3 is 11.9 Å². The SMILES string of the molecule is CCOC(=O)C(O)(C(=O)OCC)[C@@H]1Cc2ccccc2C1=O. The number of Topliss-reactive ketones (excluding diaryl/α,β-unsaturated/α-hetero) is 1. The van der Waals surface area contributed by atoms with E-state index in [4.69, 9.17) is 9.47 Å². The molecule has 0 fully saturated rings. The Hall–Kier alpha value is -2.21. The third-order valence-corrected chi connectivity index (χ3v) is 3.70. The summed E-state index contributed by atoms with van der Waals surface area (Å²) < 4.78 is 9.58. The Morgan fingerprint density at radius 1 is 1.18 bits per heavy atom. The van der Waals surface area contributed by atoms with Gasteiger partial charge in [-0.3, -0.25) is 4.79 Å². The maximum atomic E-state index is 12.5. The van der Waals surface area contributed by atoms with Crippen molar-refractivity contribution in [2.75, 3.05) is 13.2 Å². The number of fused-ring (bicyclic) bond motifs is 1. The highest BCUT2D eigenvalue weighted by Gasteiger charge is 2.58. The smallest absolute Gasteiger partial charge is 0.350 e. The van der Waals surface area contributed by atoms with Crippen molar-refractivity contribution < 1.29 is 29.0 Å². The molecule has 0 spiro atoms. The van der Waals surface area contributed by atoms with Crippen molar-refractivity contribution in [1.82, 2.24) is 0 Å². The highest BCUT2D eigenvalue weighted by atomic mass is 16.6. The summed E-state index contributed by atoms with van der Waals surface area (Å²) in [6, 6.07) is 6.77. The van der Waals surface area contributed by atoms with Gasteiger partial charge in [-0.15, -0.1) is 0 Å². The van der Waals surface area contributed by atoms with Gasteiger partial charge in [0.05, 0.1) is 19.1 Å². The molecule has 1 N–H and O–H groups in total. The molecule has 1 aliphatic rings. The van der Waals surface area contributed by atoms with Gasteiger partial charge in [-0.25, -0.2) is 9.59 Å². The van der Waals surface area contributed by atoms with Gasteiger partial charge in [0.1, 0.15) is 0 Å². The molecule has 2 rings (SSSR count). The second-order valence-electron chi connectivity index (χ2n) is 4.99. The Kier molecular flexibility index (Phi) is 4.61. The van der Waals surface area contributed by atoms with Crippen LogP contribution in [0.15, 0.2) is 24.3 Å². The Balaban J connectivity index is 2.41. The number of hydrogen-bond acceptors (Lipinski definition) is 6. The van der Waals surface area contributed by atoms with Gasteiger partial charge in [-0.05, 0) is 25.8 Å². The molecule has 0 amide bonds. The van der Waals surface area contributed by atoms with E-state index in [2.05, 4.69) is 0 Å². The van der Waals surface area contributed by atoms with Crippen LogP contribution in [0.5, 0.6) is 0 Å². The van der Waals surface area contributed by atoms with Gasteiger partial charge in [0.15, 0.2) is 5.78 Å². The first kappa shape index (κ1) is 16.2. The number of benzene rings is 1. The lowest BCUT2D eigenvalue weighted by molar-refractivity contribution is -0.187. The molecule has 0 heterocycles. The largest absolute Gasteiger partial charge is 0.463 e. The molecule has 0 unspecified atom stereocenters. The van der Waals surface area contributed by atoms with E-state index in [1.54, 1.807) is 38.1 Å². The van der Waals surface area contributed by atoms with Gasteiger partial charge in [0.25, 0.3) is 5.60 Å². The monoisotopic (exact) mass is 306 g/mol. The molecule has 0 aromatic heterocycles. The maximum absolute atomic E-state index is 12.5. The first-order chi connectivity index (χ1) is 10.5. The summed E-state index contributed by atoms with van der Waals surface area (Å²) in [6.07, 6.45) is 0.0864. The van der Waals surface area contributed by atoms with Crippen LogP contribution in [0.3, 0.4) is 0 Å². The molecule has 1 atom stereocenters. The van der Waals surface area contributed by atoms with Gasteiger partial charge in [-0.1, -0.05) is 24.3 Å². The Labute approximate surface area is 128 Å². The second-order valence-corrected chi connectivity index (χ2v) is 4.99. The number of esters is 2. The first-order valence-electron chi connectivity index (χ1n) is 7.15. The molecule has 1 aliphatic carbocycles. The molecule has 0 aliphatic heterocycles. The van der Waals surface area contributed by atoms with E-state index in [0.29, 0.717) is 11.1 Å². The molecule has 22 heavy (non-hydrogen) atoms. The molecule has 6 nitrogen and oxygen atoms in total. The van der Waals surface area contributed by atoms with Crippen LogP contribution in [-0.2, 0) is 25.5 Å². The Morgan fingerprint density at radius 3 is 2.23 bits per heavy atom. The zero-order valence-corrected chi connectivity index (χ0v) is 12.5. The normalized spacial score (nSPS) is 17.0. The fraction of sp³-hybridized carbons (Fsp3) is 0.438. The number of rotatable bonds is 5. The molecule has 118 valence electrons. The van der Waals surface area contributed by atoms with Crippen LogP contribution < -0.4 is 0 Å². The summed E-state index contributed by atoms with van der Waals surface area (Å²) in [4.78, 5) is 36.8. The summed E-state index contributed by atoms with van der Waals surface area (Å²) in [5, 5.41) is 10.7. The average molecular weight is 306 g/mol. The minimum absolute atomic E-state index is 0.0194. The Bertz CT molecular complexity index is 588.